The Labute approximate surface area is 132 Å². The van der Waals surface area contributed by atoms with Crippen LogP contribution in [0, 0.1) is 0 Å². The van der Waals surface area contributed by atoms with Crippen LogP contribution in [0.2, 0.25) is 5.02 Å². The van der Waals surface area contributed by atoms with Gasteiger partial charge in [-0.15, -0.1) is 0 Å². The van der Waals surface area contributed by atoms with E-state index in [0.29, 0.717) is 6.04 Å². The molecule has 1 aliphatic heterocycles. The van der Waals surface area contributed by atoms with Crippen molar-refractivity contribution in [1.29, 1.82) is 0 Å². The van der Waals surface area contributed by atoms with Gasteiger partial charge < -0.3 is 0 Å². The van der Waals surface area contributed by atoms with Gasteiger partial charge in [0, 0.05) is 15.7 Å². The molecule has 1 atom stereocenters. The Balaban J connectivity index is 1.76. The van der Waals surface area contributed by atoms with E-state index in [4.69, 9.17) is 16.6 Å². The van der Waals surface area contributed by atoms with Crippen LogP contribution in [0.1, 0.15) is 18.0 Å². The molecular formula is C16H14ClNS2. The quantitative estimate of drug-likeness (QED) is 0.707. The molecule has 102 valence electrons. The minimum absolute atomic E-state index is 0.298. The Bertz CT molecular complexity index is 596. The summed E-state index contributed by atoms with van der Waals surface area (Å²) in [4.78, 5) is 6.07. The minimum Gasteiger partial charge on any atom is -0.263 e. The number of rotatable bonds is 2. The lowest BCUT2D eigenvalue weighted by molar-refractivity contribution is 0.707. The van der Waals surface area contributed by atoms with Crippen molar-refractivity contribution in [2.75, 3.05) is 5.75 Å². The van der Waals surface area contributed by atoms with E-state index >= 15 is 0 Å². The third-order valence-corrected chi connectivity index (χ3v) is 5.52. The van der Waals surface area contributed by atoms with E-state index in [2.05, 4.69) is 24.3 Å². The molecule has 0 bridgehead atoms. The molecule has 0 N–H and O–H groups in total. The van der Waals surface area contributed by atoms with Gasteiger partial charge in [-0.05, 0) is 36.2 Å². The van der Waals surface area contributed by atoms with Crippen LogP contribution < -0.4 is 0 Å². The first-order valence-electron chi connectivity index (χ1n) is 6.50. The Morgan fingerprint density at radius 1 is 1.05 bits per heavy atom. The van der Waals surface area contributed by atoms with Crippen molar-refractivity contribution in [3.8, 4) is 0 Å². The molecular weight excluding hydrogens is 306 g/mol. The van der Waals surface area contributed by atoms with Crippen LogP contribution in [0.5, 0.6) is 0 Å². The fraction of sp³-hybridized carbons (Fsp3) is 0.188. The zero-order valence-corrected chi connectivity index (χ0v) is 13.2. The van der Waals surface area contributed by atoms with Crippen molar-refractivity contribution >= 4 is 39.5 Å². The van der Waals surface area contributed by atoms with Gasteiger partial charge in [0.15, 0.2) is 0 Å². The van der Waals surface area contributed by atoms with Gasteiger partial charge in [-0.2, -0.15) is 0 Å². The highest BCUT2D eigenvalue weighted by Crippen LogP contribution is 2.36. The number of hydrogen-bond acceptors (Lipinski definition) is 3. The lowest BCUT2D eigenvalue weighted by Gasteiger charge is -2.19. The Kier molecular flexibility index (Phi) is 4.71. The van der Waals surface area contributed by atoms with Crippen molar-refractivity contribution in [3.05, 3.63) is 65.2 Å². The van der Waals surface area contributed by atoms with E-state index in [1.165, 1.54) is 10.5 Å². The van der Waals surface area contributed by atoms with Crippen LogP contribution in [-0.2, 0) is 0 Å². The van der Waals surface area contributed by atoms with E-state index in [9.17, 15) is 0 Å². The van der Waals surface area contributed by atoms with Gasteiger partial charge in [0.05, 0.1) is 6.04 Å². The summed E-state index contributed by atoms with van der Waals surface area (Å²) in [6.45, 7) is 0. The largest absolute Gasteiger partial charge is 0.263 e. The standard InChI is InChI=1S/C16H14ClNS2/c17-13-6-8-14(9-7-13)20-16-18-15(10-11-19-16)12-4-2-1-3-5-12/h1-9,15H,10-11H2. The van der Waals surface area contributed by atoms with Crippen LogP contribution in [0.15, 0.2) is 64.5 Å². The van der Waals surface area contributed by atoms with Crippen LogP contribution in [-0.4, -0.2) is 10.1 Å². The number of nitrogens with zero attached hydrogens (tertiary/aromatic N) is 1. The summed E-state index contributed by atoms with van der Waals surface area (Å²) in [6.07, 6.45) is 1.11. The van der Waals surface area contributed by atoms with Gasteiger partial charge in [-0.1, -0.05) is 65.5 Å². The second kappa shape index (κ2) is 6.70. The highest BCUT2D eigenvalue weighted by molar-refractivity contribution is 8.38. The van der Waals surface area contributed by atoms with Crippen molar-refractivity contribution in [3.63, 3.8) is 0 Å². The molecule has 2 aromatic carbocycles. The van der Waals surface area contributed by atoms with E-state index in [0.717, 1.165) is 21.6 Å². The Hall–Kier alpha value is -0.900. The van der Waals surface area contributed by atoms with Gasteiger partial charge in [0.25, 0.3) is 0 Å². The Morgan fingerprint density at radius 2 is 1.80 bits per heavy atom. The molecule has 2 aromatic rings. The fourth-order valence-corrected chi connectivity index (χ4v) is 4.33. The maximum atomic E-state index is 5.91. The number of benzene rings is 2. The molecule has 1 unspecified atom stereocenters. The number of thioether (sulfide) groups is 2. The van der Waals surface area contributed by atoms with Crippen molar-refractivity contribution in [2.45, 2.75) is 17.4 Å². The molecule has 0 amide bonds. The summed E-state index contributed by atoms with van der Waals surface area (Å²) < 4.78 is 1.15. The molecule has 0 aromatic heterocycles. The van der Waals surface area contributed by atoms with Crippen LogP contribution >= 0.6 is 35.1 Å². The monoisotopic (exact) mass is 319 g/mol. The molecule has 0 saturated heterocycles. The summed E-state index contributed by atoms with van der Waals surface area (Å²) >= 11 is 9.48. The van der Waals surface area contributed by atoms with Crippen LogP contribution in [0.4, 0.5) is 0 Å². The Morgan fingerprint density at radius 3 is 2.55 bits per heavy atom. The molecule has 1 heterocycles. The van der Waals surface area contributed by atoms with Gasteiger partial charge in [0.1, 0.15) is 4.38 Å². The molecule has 20 heavy (non-hydrogen) atoms. The smallest absolute Gasteiger partial charge is 0.130 e. The summed E-state index contributed by atoms with van der Waals surface area (Å²) in [5.74, 6) is 1.12. The van der Waals surface area contributed by atoms with Crippen molar-refractivity contribution in [1.82, 2.24) is 0 Å². The first kappa shape index (κ1) is 14.1. The maximum absolute atomic E-state index is 5.91. The summed E-state index contributed by atoms with van der Waals surface area (Å²) in [5.41, 5.74) is 1.31. The zero-order valence-electron chi connectivity index (χ0n) is 10.8. The number of aliphatic imine (C=N–C) groups is 1. The average molecular weight is 320 g/mol. The van der Waals surface area contributed by atoms with Gasteiger partial charge in [0.2, 0.25) is 0 Å². The summed E-state index contributed by atoms with van der Waals surface area (Å²) in [7, 11) is 0. The normalized spacial score (nSPS) is 18.6. The van der Waals surface area contributed by atoms with Crippen molar-refractivity contribution in [2.24, 2.45) is 4.99 Å². The average Bonchev–Trinajstić information content (AvgIpc) is 2.51. The van der Waals surface area contributed by atoms with E-state index in [1.807, 2.05) is 42.1 Å². The molecule has 0 spiro atoms. The fourth-order valence-electron chi connectivity index (χ4n) is 2.06. The number of halogens is 1. The predicted molar refractivity (Wildman–Crippen MR) is 91.0 cm³/mol. The van der Waals surface area contributed by atoms with Crippen molar-refractivity contribution < 1.29 is 0 Å². The molecule has 4 heteroatoms. The van der Waals surface area contributed by atoms with Gasteiger partial charge in [-0.3, -0.25) is 4.99 Å². The molecule has 3 rings (SSSR count). The molecule has 0 radical (unpaired) electrons. The SMILES string of the molecule is Clc1ccc(SC2=NC(c3ccccc3)CCS2)cc1. The van der Waals surface area contributed by atoms with E-state index < -0.39 is 0 Å². The zero-order chi connectivity index (χ0) is 13.8. The molecule has 0 aliphatic carbocycles. The predicted octanol–water partition coefficient (Wildman–Crippen LogP) is 5.67. The maximum Gasteiger partial charge on any atom is 0.130 e. The third kappa shape index (κ3) is 3.60. The lowest BCUT2D eigenvalue weighted by Crippen LogP contribution is -2.06. The van der Waals surface area contributed by atoms with E-state index in [-0.39, 0.29) is 0 Å². The highest BCUT2D eigenvalue weighted by atomic mass is 35.5. The van der Waals surface area contributed by atoms with Gasteiger partial charge >= 0.3 is 0 Å². The molecule has 0 fully saturated rings. The number of hydrogen-bond donors (Lipinski definition) is 0. The lowest BCUT2D eigenvalue weighted by atomic mass is 10.1. The molecule has 1 nitrogen and oxygen atoms in total. The van der Waals surface area contributed by atoms with Crippen LogP contribution in [0.3, 0.4) is 0 Å². The molecule has 0 saturated carbocycles. The van der Waals surface area contributed by atoms with Crippen LogP contribution in [0.25, 0.3) is 0 Å². The van der Waals surface area contributed by atoms with E-state index in [1.54, 1.807) is 11.8 Å². The second-order valence-electron chi connectivity index (χ2n) is 4.51. The highest BCUT2D eigenvalue weighted by Gasteiger charge is 2.17. The van der Waals surface area contributed by atoms with Gasteiger partial charge in [-0.25, -0.2) is 0 Å². The second-order valence-corrected chi connectivity index (χ2v) is 7.36. The first-order valence-corrected chi connectivity index (χ1v) is 8.68. The summed E-state index contributed by atoms with van der Waals surface area (Å²) in [6, 6.07) is 18.8. The summed E-state index contributed by atoms with van der Waals surface area (Å²) in [5, 5.41) is 0.773. The first-order chi connectivity index (χ1) is 9.81. The topological polar surface area (TPSA) is 12.4 Å². The molecule has 1 aliphatic rings. The minimum atomic E-state index is 0.298. The third-order valence-electron chi connectivity index (χ3n) is 3.08.